The summed E-state index contributed by atoms with van der Waals surface area (Å²) < 4.78 is 36.9. The zero-order chi connectivity index (χ0) is 9.84. The summed E-state index contributed by atoms with van der Waals surface area (Å²) in [5.74, 6) is -0.852. The Morgan fingerprint density at radius 1 is 1.46 bits per heavy atom. The van der Waals surface area contributed by atoms with E-state index in [1.54, 1.807) is 6.07 Å². The summed E-state index contributed by atoms with van der Waals surface area (Å²) in [6.45, 7) is 0. The number of nitrogens with zero attached hydrogens (tertiary/aromatic N) is 2. The van der Waals surface area contributed by atoms with Gasteiger partial charge in [-0.05, 0) is 12.1 Å². The maximum absolute atomic E-state index is 12.5. The highest BCUT2D eigenvalue weighted by atomic mass is 19.3. The van der Waals surface area contributed by atoms with Gasteiger partial charge in [0, 0.05) is 5.56 Å². The van der Waals surface area contributed by atoms with Crippen LogP contribution in [0.4, 0.5) is 13.2 Å². The van der Waals surface area contributed by atoms with E-state index in [1.165, 1.54) is 0 Å². The number of alkyl halides is 2. The summed E-state index contributed by atoms with van der Waals surface area (Å²) >= 11 is 0. The number of hydrogen-bond donors (Lipinski definition) is 0. The van der Waals surface area contributed by atoms with Crippen LogP contribution >= 0.6 is 0 Å². The van der Waals surface area contributed by atoms with E-state index in [2.05, 4.69) is 4.98 Å². The van der Waals surface area contributed by atoms with Crippen molar-refractivity contribution in [1.82, 2.24) is 4.98 Å². The van der Waals surface area contributed by atoms with E-state index < -0.39 is 12.4 Å². The summed E-state index contributed by atoms with van der Waals surface area (Å²) in [7, 11) is 0. The average Bonchev–Trinajstić information content (AvgIpc) is 2.04. The molecule has 1 aromatic heterocycles. The average molecular weight is 186 g/mol. The molecule has 0 spiro atoms. The third-order valence-electron chi connectivity index (χ3n) is 1.46. The molecule has 0 aliphatic heterocycles. The Morgan fingerprint density at radius 2 is 2.15 bits per heavy atom. The van der Waals surface area contributed by atoms with Crippen LogP contribution in [0.1, 0.15) is 17.7 Å². The monoisotopic (exact) mass is 186 g/mol. The Morgan fingerprint density at radius 3 is 2.69 bits per heavy atom. The number of pyridine rings is 1. The molecule has 0 atom stereocenters. The molecule has 2 nitrogen and oxygen atoms in total. The molecule has 0 radical (unpaired) electrons. The first kappa shape index (κ1) is 9.52. The Hall–Kier alpha value is -1.57. The van der Waals surface area contributed by atoms with Crippen molar-refractivity contribution in [3.8, 4) is 6.07 Å². The summed E-state index contributed by atoms with van der Waals surface area (Å²) in [6.07, 6.45) is -3.03. The van der Waals surface area contributed by atoms with Crippen molar-refractivity contribution in [2.45, 2.75) is 12.8 Å². The van der Waals surface area contributed by atoms with Crippen LogP contribution in [0.15, 0.2) is 12.1 Å². The van der Waals surface area contributed by atoms with Gasteiger partial charge in [0.15, 0.2) is 0 Å². The number of rotatable bonds is 2. The van der Waals surface area contributed by atoms with Gasteiger partial charge in [0.05, 0.1) is 18.2 Å². The molecule has 0 aromatic carbocycles. The second kappa shape index (κ2) is 3.90. The SMILES string of the molecule is N#CCc1nc(F)ccc1C(F)F. The lowest BCUT2D eigenvalue weighted by Crippen LogP contribution is -1.99. The van der Waals surface area contributed by atoms with Gasteiger partial charge in [-0.15, -0.1) is 0 Å². The highest BCUT2D eigenvalue weighted by Crippen LogP contribution is 2.21. The molecule has 13 heavy (non-hydrogen) atoms. The second-order valence-corrected chi connectivity index (χ2v) is 2.31. The molecule has 1 rings (SSSR count). The van der Waals surface area contributed by atoms with E-state index >= 15 is 0 Å². The lowest BCUT2D eigenvalue weighted by molar-refractivity contribution is 0.149. The maximum atomic E-state index is 12.5. The van der Waals surface area contributed by atoms with E-state index in [0.717, 1.165) is 12.1 Å². The number of halogens is 3. The van der Waals surface area contributed by atoms with Crippen molar-refractivity contribution >= 4 is 0 Å². The summed E-state index contributed by atoms with van der Waals surface area (Å²) in [6, 6.07) is 3.44. The van der Waals surface area contributed by atoms with Crippen LogP contribution in [0.2, 0.25) is 0 Å². The molecule has 0 fully saturated rings. The molecule has 0 N–H and O–H groups in total. The van der Waals surface area contributed by atoms with Crippen molar-refractivity contribution in [2.24, 2.45) is 0 Å². The highest BCUT2D eigenvalue weighted by molar-refractivity contribution is 5.23. The predicted octanol–water partition coefficient (Wildman–Crippen LogP) is 2.22. The normalized spacial score (nSPS) is 10.1. The van der Waals surface area contributed by atoms with Gasteiger partial charge in [-0.25, -0.2) is 13.8 Å². The standard InChI is InChI=1S/C8H5F3N2/c9-7-2-1-5(8(10)11)6(13-7)3-4-12/h1-2,8H,3H2. The van der Waals surface area contributed by atoms with Crippen LogP contribution in [0, 0.1) is 17.3 Å². The minimum atomic E-state index is -2.73. The molecule has 5 heteroatoms. The second-order valence-electron chi connectivity index (χ2n) is 2.31. The minimum absolute atomic E-state index is 0.197. The first-order valence-electron chi connectivity index (χ1n) is 3.45. The largest absolute Gasteiger partial charge is 0.265 e. The maximum Gasteiger partial charge on any atom is 0.265 e. The summed E-state index contributed by atoms with van der Waals surface area (Å²) in [5.41, 5.74) is -0.583. The van der Waals surface area contributed by atoms with Crippen LogP contribution in [0.5, 0.6) is 0 Å². The molecule has 1 aromatic rings. The smallest absolute Gasteiger partial charge is 0.223 e. The fourth-order valence-electron chi connectivity index (χ4n) is 0.901. The fraction of sp³-hybridized carbons (Fsp3) is 0.250. The van der Waals surface area contributed by atoms with Crippen LogP contribution in [0.25, 0.3) is 0 Å². The zero-order valence-corrected chi connectivity index (χ0v) is 6.47. The third-order valence-corrected chi connectivity index (χ3v) is 1.46. The van der Waals surface area contributed by atoms with Gasteiger partial charge < -0.3 is 0 Å². The van der Waals surface area contributed by atoms with E-state index in [-0.39, 0.29) is 17.7 Å². The number of nitriles is 1. The molecule has 1 heterocycles. The predicted molar refractivity (Wildman–Crippen MR) is 38.5 cm³/mol. The van der Waals surface area contributed by atoms with Gasteiger partial charge >= 0.3 is 0 Å². The highest BCUT2D eigenvalue weighted by Gasteiger charge is 2.14. The Kier molecular flexibility index (Phi) is 2.85. The quantitative estimate of drug-likeness (QED) is 0.664. The number of aromatic nitrogens is 1. The minimum Gasteiger partial charge on any atom is -0.223 e. The van der Waals surface area contributed by atoms with Gasteiger partial charge in [0.1, 0.15) is 0 Å². The van der Waals surface area contributed by atoms with Gasteiger partial charge in [-0.1, -0.05) is 0 Å². The van der Waals surface area contributed by atoms with Crippen molar-refractivity contribution in [2.75, 3.05) is 0 Å². The molecule has 0 saturated carbocycles. The van der Waals surface area contributed by atoms with Crippen LogP contribution in [-0.4, -0.2) is 4.98 Å². The first-order valence-corrected chi connectivity index (χ1v) is 3.45. The van der Waals surface area contributed by atoms with E-state index in [9.17, 15) is 13.2 Å². The molecule has 0 unspecified atom stereocenters. The molecule has 68 valence electrons. The van der Waals surface area contributed by atoms with Crippen LogP contribution in [-0.2, 0) is 6.42 Å². The van der Waals surface area contributed by atoms with Gasteiger partial charge in [0.25, 0.3) is 6.43 Å². The molecular weight excluding hydrogens is 181 g/mol. The van der Waals surface area contributed by atoms with E-state index in [4.69, 9.17) is 5.26 Å². The Labute approximate surface area is 72.6 Å². The van der Waals surface area contributed by atoms with Crippen molar-refractivity contribution < 1.29 is 13.2 Å². The number of hydrogen-bond acceptors (Lipinski definition) is 2. The lowest BCUT2D eigenvalue weighted by Gasteiger charge is -2.03. The van der Waals surface area contributed by atoms with E-state index in [1.807, 2.05) is 0 Å². The molecule has 0 saturated heterocycles. The van der Waals surface area contributed by atoms with Crippen LogP contribution < -0.4 is 0 Å². The Bertz CT molecular complexity index is 344. The van der Waals surface area contributed by atoms with Crippen molar-refractivity contribution in [1.29, 1.82) is 5.26 Å². The fourth-order valence-corrected chi connectivity index (χ4v) is 0.901. The van der Waals surface area contributed by atoms with E-state index in [0.29, 0.717) is 0 Å². The van der Waals surface area contributed by atoms with Gasteiger partial charge in [-0.3, -0.25) is 0 Å². The summed E-state index contributed by atoms with van der Waals surface area (Å²) in [5, 5.41) is 8.26. The van der Waals surface area contributed by atoms with Gasteiger partial charge in [0.2, 0.25) is 5.95 Å². The molecular formula is C8H5F3N2. The van der Waals surface area contributed by atoms with Gasteiger partial charge in [-0.2, -0.15) is 9.65 Å². The molecule has 0 amide bonds. The lowest BCUT2D eigenvalue weighted by atomic mass is 10.1. The van der Waals surface area contributed by atoms with Crippen molar-refractivity contribution in [3.63, 3.8) is 0 Å². The summed E-state index contributed by atoms with van der Waals surface area (Å²) in [4.78, 5) is 3.21. The Balaban J connectivity index is 3.12. The zero-order valence-electron chi connectivity index (χ0n) is 6.47. The molecule has 0 aliphatic carbocycles. The molecule has 0 bridgehead atoms. The van der Waals surface area contributed by atoms with Crippen LogP contribution in [0.3, 0.4) is 0 Å². The topological polar surface area (TPSA) is 36.7 Å². The third kappa shape index (κ3) is 2.18. The van der Waals surface area contributed by atoms with Crippen molar-refractivity contribution in [3.05, 3.63) is 29.3 Å². The first-order chi connectivity index (χ1) is 6.15. The molecule has 0 aliphatic rings.